The van der Waals surface area contributed by atoms with Crippen LogP contribution in [0, 0.1) is 5.92 Å². The van der Waals surface area contributed by atoms with Gasteiger partial charge in [0.05, 0.1) is 24.7 Å². The van der Waals surface area contributed by atoms with Gasteiger partial charge in [0, 0.05) is 12.5 Å². The Balaban J connectivity index is 1.64. The first kappa shape index (κ1) is 16.1. The van der Waals surface area contributed by atoms with E-state index in [1.54, 1.807) is 0 Å². The van der Waals surface area contributed by atoms with Crippen molar-refractivity contribution < 1.29 is 27.4 Å². The molecule has 0 spiro atoms. The number of hydrogen-bond acceptors (Lipinski definition) is 6. The molecule has 1 aliphatic heterocycles. The van der Waals surface area contributed by atoms with Gasteiger partial charge < -0.3 is 14.2 Å². The molecule has 1 N–H and O–H groups in total. The number of benzene rings is 1. The Morgan fingerprint density at radius 2 is 1.96 bits per heavy atom. The van der Waals surface area contributed by atoms with Crippen LogP contribution in [0.4, 0.5) is 0 Å². The molecule has 1 aromatic rings. The fourth-order valence-corrected chi connectivity index (χ4v) is 3.14. The van der Waals surface area contributed by atoms with Gasteiger partial charge in [0.2, 0.25) is 0 Å². The average molecular weight is 341 g/mol. The Kier molecular flexibility index (Phi) is 4.72. The topological polar surface area (TPSA) is 90.9 Å². The number of ether oxygens (including phenoxy) is 3. The van der Waals surface area contributed by atoms with Gasteiger partial charge in [0.1, 0.15) is 6.61 Å². The van der Waals surface area contributed by atoms with Crippen LogP contribution in [0.2, 0.25) is 0 Å². The molecule has 0 saturated heterocycles. The van der Waals surface area contributed by atoms with Crippen molar-refractivity contribution >= 4 is 15.9 Å². The van der Waals surface area contributed by atoms with Crippen LogP contribution in [0.15, 0.2) is 23.1 Å². The predicted molar refractivity (Wildman–Crippen MR) is 80.9 cm³/mol. The Hall–Kier alpha value is -1.80. The molecule has 1 aromatic carbocycles. The molecule has 1 saturated carbocycles. The minimum Gasteiger partial charge on any atom is -0.490 e. The van der Waals surface area contributed by atoms with Crippen LogP contribution in [0.25, 0.3) is 0 Å². The van der Waals surface area contributed by atoms with E-state index in [0.717, 1.165) is 19.3 Å². The van der Waals surface area contributed by atoms with Crippen LogP contribution in [0.1, 0.15) is 19.3 Å². The summed E-state index contributed by atoms with van der Waals surface area (Å²) in [6, 6.07) is 4.28. The fraction of sp³-hybridized carbons (Fsp3) is 0.533. The van der Waals surface area contributed by atoms with Crippen LogP contribution in [0.3, 0.4) is 0 Å². The van der Waals surface area contributed by atoms with Crippen molar-refractivity contribution in [1.29, 1.82) is 0 Å². The summed E-state index contributed by atoms with van der Waals surface area (Å²) in [5, 5.41) is 0. The van der Waals surface area contributed by atoms with Gasteiger partial charge in [0.15, 0.2) is 11.5 Å². The van der Waals surface area contributed by atoms with Crippen molar-refractivity contribution in [3.8, 4) is 11.5 Å². The molecule has 7 nitrogen and oxygen atoms in total. The van der Waals surface area contributed by atoms with Gasteiger partial charge in [-0.15, -0.1) is 0 Å². The normalized spacial score (nSPS) is 17.4. The molecule has 0 atom stereocenters. The van der Waals surface area contributed by atoms with E-state index in [9.17, 15) is 13.2 Å². The van der Waals surface area contributed by atoms with Crippen LogP contribution in [-0.4, -0.2) is 40.8 Å². The lowest BCUT2D eigenvalue weighted by atomic mass is 10.3. The lowest BCUT2D eigenvalue weighted by Gasteiger charge is -2.11. The van der Waals surface area contributed by atoms with E-state index in [-0.39, 0.29) is 11.5 Å². The maximum Gasteiger partial charge on any atom is 0.264 e. The Labute approximate surface area is 135 Å². The highest BCUT2D eigenvalue weighted by Crippen LogP contribution is 2.32. The van der Waals surface area contributed by atoms with Crippen molar-refractivity contribution in [2.45, 2.75) is 24.2 Å². The maximum absolute atomic E-state index is 12.2. The van der Waals surface area contributed by atoms with E-state index < -0.39 is 15.9 Å². The zero-order valence-electron chi connectivity index (χ0n) is 12.6. The zero-order chi connectivity index (χ0) is 16.3. The molecule has 3 rings (SSSR count). The third-order valence-corrected chi connectivity index (χ3v) is 4.93. The summed E-state index contributed by atoms with van der Waals surface area (Å²) >= 11 is 0. The number of fused-ring (bicyclic) bond motifs is 1. The number of nitrogens with one attached hydrogen (secondary N) is 1. The van der Waals surface area contributed by atoms with E-state index in [2.05, 4.69) is 0 Å². The fourth-order valence-electron chi connectivity index (χ4n) is 2.15. The molecule has 1 heterocycles. The number of amides is 1. The molecular formula is C15H19NO6S. The van der Waals surface area contributed by atoms with Gasteiger partial charge in [-0.1, -0.05) is 0 Å². The molecule has 126 valence electrons. The molecule has 0 radical (unpaired) electrons. The summed E-state index contributed by atoms with van der Waals surface area (Å²) in [6.45, 7) is 1.21. The van der Waals surface area contributed by atoms with E-state index in [1.165, 1.54) is 18.2 Å². The van der Waals surface area contributed by atoms with Crippen molar-refractivity contribution in [3.05, 3.63) is 18.2 Å². The second kappa shape index (κ2) is 6.76. The minimum absolute atomic E-state index is 0.0442. The summed E-state index contributed by atoms with van der Waals surface area (Å²) in [5.74, 6) is 0.697. The molecular weight excluding hydrogens is 322 g/mol. The summed E-state index contributed by atoms with van der Waals surface area (Å²) in [7, 11) is -3.96. The first-order chi connectivity index (χ1) is 11.0. The largest absolute Gasteiger partial charge is 0.490 e. The molecule has 0 aromatic heterocycles. The summed E-state index contributed by atoms with van der Waals surface area (Å²) < 4.78 is 42.6. The number of carbonyl (C=O) groups excluding carboxylic acids is 1. The molecule has 1 amide bonds. The molecule has 2 aliphatic rings. The summed E-state index contributed by atoms with van der Waals surface area (Å²) in [4.78, 5) is 11.7. The average Bonchev–Trinajstić information content (AvgIpc) is 3.32. The number of carbonyl (C=O) groups is 1. The maximum atomic E-state index is 12.2. The van der Waals surface area contributed by atoms with Crippen LogP contribution < -0.4 is 14.2 Å². The number of sulfonamides is 1. The first-order valence-electron chi connectivity index (χ1n) is 7.57. The van der Waals surface area contributed by atoms with Crippen molar-refractivity contribution in [3.63, 3.8) is 0 Å². The van der Waals surface area contributed by atoms with Crippen LogP contribution in [0.5, 0.6) is 11.5 Å². The summed E-state index contributed by atoms with van der Waals surface area (Å²) in [5.41, 5.74) is 0. The Morgan fingerprint density at radius 1 is 1.22 bits per heavy atom. The van der Waals surface area contributed by atoms with Crippen molar-refractivity contribution in [2.75, 3.05) is 26.4 Å². The number of hydrogen-bond donors (Lipinski definition) is 1. The van der Waals surface area contributed by atoms with Gasteiger partial charge in [-0.3, -0.25) is 4.79 Å². The second-order valence-corrected chi connectivity index (χ2v) is 7.33. The quantitative estimate of drug-likeness (QED) is 0.832. The van der Waals surface area contributed by atoms with Gasteiger partial charge in [0.25, 0.3) is 15.9 Å². The second-order valence-electron chi connectivity index (χ2n) is 5.65. The third kappa shape index (κ3) is 4.35. The van der Waals surface area contributed by atoms with E-state index in [0.29, 0.717) is 37.2 Å². The molecule has 0 unspecified atom stereocenters. The van der Waals surface area contributed by atoms with Gasteiger partial charge in [-0.05, 0) is 30.9 Å². The smallest absolute Gasteiger partial charge is 0.264 e. The SMILES string of the molecule is O=C(COCC1CC1)NS(=O)(=O)c1ccc2c(c1)OCCCO2. The first-order valence-corrected chi connectivity index (χ1v) is 9.06. The lowest BCUT2D eigenvalue weighted by molar-refractivity contribution is -0.124. The monoisotopic (exact) mass is 341 g/mol. The van der Waals surface area contributed by atoms with Crippen LogP contribution >= 0.6 is 0 Å². The minimum atomic E-state index is -3.96. The van der Waals surface area contributed by atoms with Crippen LogP contribution in [-0.2, 0) is 19.6 Å². The molecule has 23 heavy (non-hydrogen) atoms. The van der Waals surface area contributed by atoms with Gasteiger partial charge >= 0.3 is 0 Å². The van der Waals surface area contributed by atoms with E-state index >= 15 is 0 Å². The van der Waals surface area contributed by atoms with E-state index in [1.807, 2.05) is 4.72 Å². The summed E-state index contributed by atoms with van der Waals surface area (Å²) in [6.07, 6.45) is 2.94. The van der Waals surface area contributed by atoms with Gasteiger partial charge in [-0.25, -0.2) is 13.1 Å². The van der Waals surface area contributed by atoms with Crippen molar-refractivity contribution in [2.24, 2.45) is 5.92 Å². The lowest BCUT2D eigenvalue weighted by Crippen LogP contribution is -2.33. The molecule has 1 aliphatic carbocycles. The zero-order valence-corrected chi connectivity index (χ0v) is 13.4. The standard InChI is InChI=1S/C15H19NO6S/c17-15(10-20-9-11-2-3-11)16-23(18,19)12-4-5-13-14(8-12)22-7-1-6-21-13/h4-5,8,11H,1-3,6-7,9-10H2,(H,16,17). The van der Waals surface area contributed by atoms with E-state index in [4.69, 9.17) is 14.2 Å². The number of rotatable bonds is 6. The molecule has 0 bridgehead atoms. The highest BCUT2D eigenvalue weighted by Gasteiger charge is 2.23. The molecule has 1 fully saturated rings. The highest BCUT2D eigenvalue weighted by molar-refractivity contribution is 7.90. The Morgan fingerprint density at radius 3 is 2.70 bits per heavy atom. The third-order valence-electron chi connectivity index (χ3n) is 3.56. The van der Waals surface area contributed by atoms with Crippen molar-refractivity contribution in [1.82, 2.24) is 4.72 Å². The predicted octanol–water partition coefficient (Wildman–Crippen LogP) is 1.08. The Bertz CT molecular complexity index is 683. The highest BCUT2D eigenvalue weighted by atomic mass is 32.2. The molecule has 8 heteroatoms. The van der Waals surface area contributed by atoms with Gasteiger partial charge in [-0.2, -0.15) is 0 Å².